The van der Waals surface area contributed by atoms with E-state index < -0.39 is 5.91 Å². The van der Waals surface area contributed by atoms with Crippen LogP contribution in [0.5, 0.6) is 5.75 Å². The van der Waals surface area contributed by atoms with Crippen molar-refractivity contribution >= 4 is 30.3 Å². The van der Waals surface area contributed by atoms with Crippen LogP contribution in [0.25, 0.3) is 18.5 Å². The number of H-pyrrole nitrogens is 1. The van der Waals surface area contributed by atoms with Gasteiger partial charge in [-0.1, -0.05) is 24.2 Å². The van der Waals surface area contributed by atoms with Crippen LogP contribution in [0.3, 0.4) is 0 Å². The fourth-order valence-corrected chi connectivity index (χ4v) is 2.48. The molecule has 0 spiro atoms. The number of hydrogen-bond donors (Lipinski definition) is 4. The molecule has 0 unspecified atom stereocenters. The smallest absolute Gasteiger partial charge is 0.280 e. The topological polar surface area (TPSA) is 99.2 Å². The van der Waals surface area contributed by atoms with Crippen molar-refractivity contribution in [3.05, 3.63) is 80.0 Å². The number of hydrazine groups is 1. The highest BCUT2D eigenvalue weighted by molar-refractivity contribution is 6.30. The molecular weight excluding hydrogens is 356 g/mol. The van der Waals surface area contributed by atoms with E-state index in [0.717, 1.165) is 0 Å². The summed E-state index contributed by atoms with van der Waals surface area (Å²) in [5.41, 5.74) is 5.61. The van der Waals surface area contributed by atoms with Gasteiger partial charge in [-0.15, -0.1) is 0 Å². The lowest BCUT2D eigenvalue weighted by atomic mass is 10.2. The van der Waals surface area contributed by atoms with E-state index in [0.29, 0.717) is 21.6 Å². The van der Waals surface area contributed by atoms with Crippen LogP contribution in [0.1, 0.15) is 10.4 Å². The van der Waals surface area contributed by atoms with Crippen molar-refractivity contribution in [3.8, 4) is 11.4 Å². The van der Waals surface area contributed by atoms with Crippen molar-refractivity contribution in [1.29, 1.82) is 0 Å². The van der Waals surface area contributed by atoms with Crippen LogP contribution in [0.2, 0.25) is 5.02 Å². The van der Waals surface area contributed by atoms with Crippen LogP contribution in [-0.4, -0.2) is 20.8 Å². The van der Waals surface area contributed by atoms with Crippen LogP contribution in [0.4, 0.5) is 0 Å². The molecule has 0 atom stereocenters. The second-order valence-electron chi connectivity index (χ2n) is 5.41. The molecule has 7 nitrogen and oxygen atoms in total. The number of phenolic OH excluding ortho intramolecular Hbond substituents is 1. The molecule has 0 aliphatic rings. The van der Waals surface area contributed by atoms with Gasteiger partial charge in [0.2, 0.25) is 0 Å². The number of rotatable bonds is 4. The molecule has 0 aliphatic carbocycles. The third-order valence-electron chi connectivity index (χ3n) is 3.60. The number of aromatic hydroxyl groups is 1. The summed E-state index contributed by atoms with van der Waals surface area (Å²) < 4.78 is 1.31. The zero-order valence-electron chi connectivity index (χ0n) is 13.5. The molecule has 0 saturated heterocycles. The Morgan fingerprint density at radius 3 is 2.65 bits per heavy atom. The molecule has 3 aromatic rings. The molecule has 1 aromatic heterocycles. The van der Waals surface area contributed by atoms with E-state index in [1.54, 1.807) is 24.3 Å². The van der Waals surface area contributed by atoms with Gasteiger partial charge in [0.1, 0.15) is 5.75 Å². The highest BCUT2D eigenvalue weighted by atomic mass is 35.5. The molecule has 8 heteroatoms. The van der Waals surface area contributed by atoms with Gasteiger partial charge in [-0.05, 0) is 42.5 Å². The van der Waals surface area contributed by atoms with Crippen molar-refractivity contribution < 1.29 is 9.90 Å². The number of amides is 1. The minimum atomic E-state index is -0.419. The van der Waals surface area contributed by atoms with Crippen LogP contribution >= 0.6 is 11.6 Å². The summed E-state index contributed by atoms with van der Waals surface area (Å²) >= 11 is 5.95. The Balaban J connectivity index is 1.81. The van der Waals surface area contributed by atoms with E-state index in [4.69, 9.17) is 11.6 Å². The lowest BCUT2D eigenvalue weighted by Crippen LogP contribution is -2.40. The minimum Gasteiger partial charge on any atom is -0.508 e. The van der Waals surface area contributed by atoms with Gasteiger partial charge in [0.05, 0.1) is 16.3 Å². The first-order valence-electron chi connectivity index (χ1n) is 7.57. The molecule has 0 aliphatic heterocycles. The first kappa shape index (κ1) is 17.4. The fourth-order valence-electron chi connectivity index (χ4n) is 2.30. The summed E-state index contributed by atoms with van der Waals surface area (Å²) in [4.78, 5) is 24.5. The van der Waals surface area contributed by atoms with Gasteiger partial charge < -0.3 is 10.5 Å². The first-order chi connectivity index (χ1) is 12.5. The molecule has 1 heterocycles. The Morgan fingerprint density at radius 2 is 1.96 bits per heavy atom. The van der Waals surface area contributed by atoms with E-state index in [1.807, 2.05) is 0 Å². The molecule has 3 rings (SSSR count). The Morgan fingerprint density at radius 1 is 1.23 bits per heavy atom. The quantitative estimate of drug-likeness (QED) is 0.506. The van der Waals surface area contributed by atoms with Crippen molar-refractivity contribution in [2.45, 2.75) is 0 Å². The van der Waals surface area contributed by atoms with Crippen molar-refractivity contribution in [1.82, 2.24) is 20.6 Å². The average Bonchev–Trinajstić information content (AvgIpc) is 2.90. The average molecular weight is 371 g/mol. The Hall–Kier alpha value is -3.45. The van der Waals surface area contributed by atoms with Gasteiger partial charge >= 0.3 is 0 Å². The van der Waals surface area contributed by atoms with Gasteiger partial charge in [0.15, 0.2) is 0 Å². The summed E-state index contributed by atoms with van der Waals surface area (Å²) in [5, 5.41) is 13.2. The maximum atomic E-state index is 12.5. The molecule has 0 saturated carbocycles. The second kappa shape index (κ2) is 7.20. The Kier molecular flexibility index (Phi) is 4.81. The van der Waals surface area contributed by atoms with Gasteiger partial charge in [-0.25, -0.2) is 4.68 Å². The molecule has 4 N–H and O–H groups in total. The van der Waals surface area contributed by atoms with Crippen molar-refractivity contribution in [2.75, 3.05) is 0 Å². The predicted molar refractivity (Wildman–Crippen MR) is 99.3 cm³/mol. The fraction of sp³-hybridized carbons (Fsp3) is 0. The maximum Gasteiger partial charge on any atom is 0.280 e. The number of halogens is 1. The number of nitrogens with zero attached hydrogens (tertiary/aromatic N) is 1. The predicted octanol–water partition coefficient (Wildman–Crippen LogP) is 0.607. The van der Waals surface area contributed by atoms with Crippen LogP contribution in [-0.2, 0) is 0 Å². The van der Waals surface area contributed by atoms with Gasteiger partial charge in [-0.2, -0.15) is 0 Å². The molecule has 0 bridgehead atoms. The molecule has 0 fully saturated rings. The number of hydrogen-bond acceptors (Lipinski definition) is 4. The summed E-state index contributed by atoms with van der Waals surface area (Å²) in [6.45, 7) is 3.79. The molecular formula is C18H15ClN4O3. The zero-order valence-corrected chi connectivity index (χ0v) is 14.2. The van der Waals surface area contributed by atoms with E-state index in [9.17, 15) is 14.7 Å². The lowest BCUT2D eigenvalue weighted by Gasteiger charge is -2.03. The van der Waals surface area contributed by atoms with Crippen LogP contribution < -0.4 is 27.0 Å². The molecule has 132 valence electrons. The largest absolute Gasteiger partial charge is 0.508 e. The Bertz CT molecular complexity index is 1120. The van der Waals surface area contributed by atoms with Crippen molar-refractivity contribution in [3.63, 3.8) is 0 Å². The highest BCUT2D eigenvalue weighted by Crippen LogP contribution is 2.11. The van der Waals surface area contributed by atoms with Crippen molar-refractivity contribution in [2.24, 2.45) is 0 Å². The zero-order chi connectivity index (χ0) is 18.7. The number of benzene rings is 2. The molecule has 2 aromatic carbocycles. The first-order valence-corrected chi connectivity index (χ1v) is 7.94. The number of nitrogens with one attached hydrogen (secondary N) is 3. The standard InChI is InChI=1S/C18H15ClN4O3/c1-11-16(10-20-21-17(25)12-5-7-15(24)8-6-12)18(26)23(22-11)14-4-2-3-13(19)9-14/h2-10,20,22,24H,1H2,(H,21,25). The summed E-state index contributed by atoms with van der Waals surface area (Å²) in [5.74, 6) is -0.353. The van der Waals surface area contributed by atoms with Gasteiger partial charge in [0.25, 0.3) is 11.5 Å². The highest BCUT2D eigenvalue weighted by Gasteiger charge is 2.06. The summed E-state index contributed by atoms with van der Waals surface area (Å²) in [6.07, 6.45) is 1.35. The number of aromatic nitrogens is 2. The van der Waals surface area contributed by atoms with Crippen LogP contribution in [0.15, 0.2) is 53.3 Å². The van der Waals surface area contributed by atoms with E-state index in [2.05, 4.69) is 22.5 Å². The second-order valence-corrected chi connectivity index (χ2v) is 5.85. The molecule has 0 radical (unpaired) electrons. The van der Waals surface area contributed by atoms with Gasteiger partial charge in [0, 0.05) is 16.8 Å². The van der Waals surface area contributed by atoms with Crippen LogP contribution in [0, 0.1) is 0 Å². The SMILES string of the molecule is C=c1[nH]n(-c2cccc(Cl)c2)c(=O)c1=CNNC(=O)c1ccc(O)cc1. The monoisotopic (exact) mass is 370 g/mol. The minimum absolute atomic E-state index is 0.0664. The normalized spacial score (nSPS) is 11.3. The number of aromatic amines is 1. The van der Waals surface area contributed by atoms with E-state index in [1.165, 1.54) is 35.1 Å². The number of phenols is 1. The Labute approximate surface area is 152 Å². The third-order valence-corrected chi connectivity index (χ3v) is 3.84. The maximum absolute atomic E-state index is 12.5. The number of carbonyl (C=O) groups excluding carboxylic acids is 1. The van der Waals surface area contributed by atoms with E-state index >= 15 is 0 Å². The summed E-state index contributed by atoms with van der Waals surface area (Å²) in [6, 6.07) is 12.6. The molecule has 26 heavy (non-hydrogen) atoms. The number of carbonyl (C=O) groups is 1. The third kappa shape index (κ3) is 3.62. The molecule has 1 amide bonds. The van der Waals surface area contributed by atoms with Gasteiger partial charge in [-0.3, -0.25) is 20.1 Å². The lowest BCUT2D eigenvalue weighted by molar-refractivity contribution is 0.0943. The van der Waals surface area contributed by atoms with E-state index in [-0.39, 0.29) is 16.5 Å². The summed E-state index contributed by atoms with van der Waals surface area (Å²) in [7, 11) is 0.